The lowest BCUT2D eigenvalue weighted by Crippen LogP contribution is -2.13. The van der Waals surface area contributed by atoms with Gasteiger partial charge in [-0.25, -0.2) is 4.98 Å². The number of pyridine rings is 1. The lowest BCUT2D eigenvalue weighted by Gasteiger charge is -2.09. The molecule has 2 N–H and O–H groups in total. The minimum absolute atomic E-state index is 0.201. The smallest absolute Gasteiger partial charge is 0.262 e. The first-order chi connectivity index (χ1) is 13.3. The van der Waals surface area contributed by atoms with Gasteiger partial charge in [0.15, 0.2) is 17.1 Å². The molecule has 7 nitrogen and oxygen atoms in total. The summed E-state index contributed by atoms with van der Waals surface area (Å²) in [6.45, 7) is 0.201. The van der Waals surface area contributed by atoms with Crippen molar-refractivity contribution in [3.05, 3.63) is 71.1 Å². The number of fused-ring (bicyclic) bond motifs is 2. The van der Waals surface area contributed by atoms with Crippen LogP contribution in [0, 0.1) is 0 Å². The number of aromatic nitrogens is 3. The Labute approximate surface area is 153 Å². The molecule has 0 unspecified atom stereocenters. The zero-order valence-corrected chi connectivity index (χ0v) is 14.1. The molecule has 27 heavy (non-hydrogen) atoms. The van der Waals surface area contributed by atoms with E-state index in [0.717, 1.165) is 16.8 Å². The number of para-hydroxylation sites is 1. The molecule has 4 aromatic rings. The van der Waals surface area contributed by atoms with Crippen LogP contribution in [0.2, 0.25) is 0 Å². The van der Waals surface area contributed by atoms with E-state index in [4.69, 9.17) is 9.47 Å². The quantitative estimate of drug-likeness (QED) is 0.583. The third-order valence-corrected chi connectivity index (χ3v) is 4.33. The molecule has 0 atom stereocenters. The van der Waals surface area contributed by atoms with Gasteiger partial charge in [-0.3, -0.25) is 9.78 Å². The summed E-state index contributed by atoms with van der Waals surface area (Å²) in [5.41, 5.74) is 2.50. The van der Waals surface area contributed by atoms with Gasteiger partial charge in [0.1, 0.15) is 0 Å². The first kappa shape index (κ1) is 15.4. The van der Waals surface area contributed by atoms with Crippen molar-refractivity contribution in [2.24, 2.45) is 0 Å². The summed E-state index contributed by atoms with van der Waals surface area (Å²) >= 11 is 0. The average Bonchev–Trinajstić information content (AvgIpc) is 3.16. The minimum Gasteiger partial charge on any atom is -0.454 e. The molecule has 1 aliphatic heterocycles. The number of nitrogens with one attached hydrogen (secondary N) is 2. The molecule has 0 saturated heterocycles. The number of H-pyrrole nitrogens is 1. The lowest BCUT2D eigenvalue weighted by atomic mass is 10.0. The van der Waals surface area contributed by atoms with Crippen molar-refractivity contribution < 1.29 is 9.47 Å². The molecular formula is C20H14N4O3. The Hall–Kier alpha value is -3.87. The topological polar surface area (TPSA) is 89.1 Å². The number of rotatable bonds is 3. The van der Waals surface area contributed by atoms with Crippen LogP contribution in [0.4, 0.5) is 11.6 Å². The van der Waals surface area contributed by atoms with Gasteiger partial charge in [-0.15, -0.1) is 0 Å². The molecule has 0 aliphatic carbocycles. The van der Waals surface area contributed by atoms with Crippen LogP contribution in [0.5, 0.6) is 11.5 Å². The maximum absolute atomic E-state index is 12.8. The molecule has 0 spiro atoms. The minimum atomic E-state index is -0.265. The van der Waals surface area contributed by atoms with Crippen molar-refractivity contribution in [2.75, 3.05) is 12.1 Å². The van der Waals surface area contributed by atoms with Gasteiger partial charge in [0.25, 0.3) is 5.56 Å². The van der Waals surface area contributed by atoms with E-state index >= 15 is 0 Å². The van der Waals surface area contributed by atoms with E-state index in [-0.39, 0.29) is 12.4 Å². The van der Waals surface area contributed by atoms with E-state index in [1.807, 2.05) is 48.5 Å². The fourth-order valence-electron chi connectivity index (χ4n) is 3.09. The number of ether oxygens (including phenoxy) is 2. The third kappa shape index (κ3) is 2.75. The van der Waals surface area contributed by atoms with E-state index in [0.29, 0.717) is 28.5 Å². The molecule has 2 aromatic carbocycles. The zero-order chi connectivity index (χ0) is 18.2. The zero-order valence-electron chi connectivity index (χ0n) is 14.1. The molecule has 2 aromatic heterocycles. The summed E-state index contributed by atoms with van der Waals surface area (Å²) in [7, 11) is 0. The highest BCUT2D eigenvalue weighted by Crippen LogP contribution is 2.36. The molecule has 0 radical (unpaired) electrons. The molecule has 0 bridgehead atoms. The van der Waals surface area contributed by atoms with Gasteiger partial charge in [0.05, 0.1) is 5.39 Å². The predicted molar refractivity (Wildman–Crippen MR) is 101 cm³/mol. The number of nitrogens with zero attached hydrogens (tertiary/aromatic N) is 2. The van der Waals surface area contributed by atoms with Crippen molar-refractivity contribution in [1.82, 2.24) is 15.0 Å². The molecule has 7 heteroatoms. The highest BCUT2D eigenvalue weighted by Gasteiger charge is 2.17. The molecule has 0 fully saturated rings. The molecule has 132 valence electrons. The van der Waals surface area contributed by atoms with Crippen molar-refractivity contribution in [3.8, 4) is 22.6 Å². The van der Waals surface area contributed by atoms with Crippen molar-refractivity contribution in [2.45, 2.75) is 0 Å². The van der Waals surface area contributed by atoms with Crippen LogP contribution < -0.4 is 20.3 Å². The van der Waals surface area contributed by atoms with Gasteiger partial charge in [0.2, 0.25) is 12.7 Å². The third-order valence-electron chi connectivity index (χ3n) is 4.33. The molecule has 3 heterocycles. The summed E-state index contributed by atoms with van der Waals surface area (Å²) in [6.07, 6.45) is 1.64. The Bertz CT molecular complexity index is 1200. The molecule has 0 amide bonds. The van der Waals surface area contributed by atoms with Crippen LogP contribution in [0.3, 0.4) is 0 Å². The van der Waals surface area contributed by atoms with Crippen LogP contribution in [-0.4, -0.2) is 21.7 Å². The standard InChI is InChI=1S/C20H14N4O3/c25-19-17-14(12-6-7-15-16(10-12)27-11-26-15)8-9-21-18(17)23-20(24-19)22-13-4-2-1-3-5-13/h1-10H,11H2,(H2,21,22,23,24,25). The van der Waals surface area contributed by atoms with E-state index in [2.05, 4.69) is 20.3 Å². The fraction of sp³-hybridized carbons (Fsp3) is 0.0500. The monoisotopic (exact) mass is 358 g/mol. The second kappa shape index (κ2) is 6.14. The molecule has 1 aliphatic rings. The van der Waals surface area contributed by atoms with Gasteiger partial charge < -0.3 is 14.8 Å². The van der Waals surface area contributed by atoms with Crippen molar-refractivity contribution >= 4 is 22.7 Å². The van der Waals surface area contributed by atoms with E-state index < -0.39 is 0 Å². The maximum atomic E-state index is 12.8. The SMILES string of the molecule is O=c1[nH]c(Nc2ccccc2)nc2nccc(-c3ccc4c(c3)OCO4)c12. The molecular weight excluding hydrogens is 344 g/mol. The molecule has 5 rings (SSSR count). The first-order valence-corrected chi connectivity index (χ1v) is 8.39. The van der Waals surface area contributed by atoms with Crippen LogP contribution in [0.25, 0.3) is 22.2 Å². The van der Waals surface area contributed by atoms with E-state index in [9.17, 15) is 4.79 Å². The van der Waals surface area contributed by atoms with E-state index in [1.165, 1.54) is 0 Å². The van der Waals surface area contributed by atoms with Gasteiger partial charge in [-0.2, -0.15) is 4.98 Å². The number of hydrogen-bond acceptors (Lipinski definition) is 6. The summed E-state index contributed by atoms with van der Waals surface area (Å²) < 4.78 is 10.8. The Morgan fingerprint density at radius 3 is 2.74 bits per heavy atom. The van der Waals surface area contributed by atoms with Gasteiger partial charge >= 0.3 is 0 Å². The highest BCUT2D eigenvalue weighted by molar-refractivity contribution is 5.92. The largest absolute Gasteiger partial charge is 0.454 e. The van der Waals surface area contributed by atoms with Crippen LogP contribution in [0.15, 0.2) is 65.6 Å². The summed E-state index contributed by atoms with van der Waals surface area (Å²) in [5, 5.41) is 3.51. The number of benzene rings is 2. The summed E-state index contributed by atoms with van der Waals surface area (Å²) in [6, 6.07) is 16.9. The van der Waals surface area contributed by atoms with Crippen LogP contribution in [-0.2, 0) is 0 Å². The molecule has 0 saturated carbocycles. The van der Waals surface area contributed by atoms with Gasteiger partial charge in [-0.05, 0) is 41.5 Å². The van der Waals surface area contributed by atoms with Crippen molar-refractivity contribution in [1.29, 1.82) is 0 Å². The second-order valence-corrected chi connectivity index (χ2v) is 6.03. The Balaban J connectivity index is 1.62. The van der Waals surface area contributed by atoms with Crippen LogP contribution in [0.1, 0.15) is 0 Å². The van der Waals surface area contributed by atoms with Gasteiger partial charge in [-0.1, -0.05) is 24.3 Å². The summed E-state index contributed by atoms with van der Waals surface area (Å²) in [5.74, 6) is 1.69. The first-order valence-electron chi connectivity index (χ1n) is 8.39. The lowest BCUT2D eigenvalue weighted by molar-refractivity contribution is 0.174. The Morgan fingerprint density at radius 2 is 1.85 bits per heavy atom. The highest BCUT2D eigenvalue weighted by atomic mass is 16.7. The number of hydrogen-bond donors (Lipinski definition) is 2. The normalized spacial score (nSPS) is 12.3. The van der Waals surface area contributed by atoms with Crippen LogP contribution >= 0.6 is 0 Å². The van der Waals surface area contributed by atoms with Crippen molar-refractivity contribution in [3.63, 3.8) is 0 Å². The van der Waals surface area contributed by atoms with Gasteiger partial charge in [0, 0.05) is 11.9 Å². The fourth-order valence-corrected chi connectivity index (χ4v) is 3.09. The Morgan fingerprint density at radius 1 is 1.00 bits per heavy atom. The average molecular weight is 358 g/mol. The number of aromatic amines is 1. The Kier molecular flexibility index (Phi) is 3.50. The van der Waals surface area contributed by atoms with E-state index in [1.54, 1.807) is 12.3 Å². The second-order valence-electron chi connectivity index (χ2n) is 6.03. The number of anilines is 2. The predicted octanol–water partition coefficient (Wildman–Crippen LogP) is 3.46. The maximum Gasteiger partial charge on any atom is 0.262 e. The summed E-state index contributed by atoms with van der Waals surface area (Å²) in [4.78, 5) is 24.3.